The highest BCUT2D eigenvalue weighted by atomic mass is 16.1. The minimum Gasteiger partial charge on any atom is -0.305 e. The Hall–Kier alpha value is -1.97. The topological polar surface area (TPSA) is 41.1 Å². The summed E-state index contributed by atoms with van der Waals surface area (Å²) in [7, 11) is 0. The third kappa shape index (κ3) is 4.62. The Kier molecular flexibility index (Phi) is 7.36. The molecule has 0 radical (unpaired) electrons. The van der Waals surface area contributed by atoms with E-state index in [-0.39, 0.29) is 16.9 Å². The standard InChI is InChI=1S/C31H44N2O/c1-21(2)32-30(17-7-8-18-30)27-23(5)13-11-15-25(27)29(34)26-16-12-14-24(6)28(26)31(33-22(3)4)19-9-10-20-31/h11-16,21-22,32-33H,7-10,17-20H2,1-6H3. The van der Waals surface area contributed by atoms with Gasteiger partial charge in [-0.1, -0.05) is 89.8 Å². The first kappa shape index (κ1) is 25.1. The van der Waals surface area contributed by atoms with Crippen molar-refractivity contribution >= 4 is 5.78 Å². The second-order valence-corrected chi connectivity index (χ2v) is 11.5. The van der Waals surface area contributed by atoms with Crippen molar-refractivity contribution in [3.8, 4) is 0 Å². The Morgan fingerprint density at radius 3 is 1.35 bits per heavy atom. The molecule has 184 valence electrons. The second kappa shape index (κ2) is 9.95. The number of hydrogen-bond acceptors (Lipinski definition) is 3. The number of aryl methyl sites for hydroxylation is 2. The normalized spacial score (nSPS) is 19.3. The van der Waals surface area contributed by atoms with Crippen LogP contribution in [0.1, 0.15) is 117 Å². The maximum absolute atomic E-state index is 14.5. The van der Waals surface area contributed by atoms with Gasteiger partial charge in [-0.2, -0.15) is 0 Å². The molecule has 2 saturated carbocycles. The Balaban J connectivity index is 1.88. The molecule has 2 fully saturated rings. The van der Waals surface area contributed by atoms with Gasteiger partial charge in [0.15, 0.2) is 5.78 Å². The van der Waals surface area contributed by atoms with Gasteiger partial charge < -0.3 is 10.6 Å². The van der Waals surface area contributed by atoms with E-state index in [9.17, 15) is 4.79 Å². The quantitative estimate of drug-likeness (QED) is 0.414. The summed E-state index contributed by atoms with van der Waals surface area (Å²) < 4.78 is 0. The maximum Gasteiger partial charge on any atom is 0.193 e. The van der Waals surface area contributed by atoms with Gasteiger partial charge in [0.05, 0.1) is 0 Å². The summed E-state index contributed by atoms with van der Waals surface area (Å²) >= 11 is 0. The highest BCUT2D eigenvalue weighted by Crippen LogP contribution is 2.45. The molecule has 3 heteroatoms. The lowest BCUT2D eigenvalue weighted by Gasteiger charge is -2.38. The van der Waals surface area contributed by atoms with E-state index in [1.807, 2.05) is 0 Å². The number of carbonyl (C=O) groups excluding carboxylic acids is 1. The number of rotatable bonds is 8. The van der Waals surface area contributed by atoms with Crippen molar-refractivity contribution in [3.63, 3.8) is 0 Å². The average Bonchev–Trinajstić information content (AvgIpc) is 3.42. The molecular weight excluding hydrogens is 416 g/mol. The van der Waals surface area contributed by atoms with Crippen LogP contribution in [0.4, 0.5) is 0 Å². The van der Waals surface area contributed by atoms with E-state index in [2.05, 4.69) is 88.6 Å². The van der Waals surface area contributed by atoms with Crippen molar-refractivity contribution in [3.05, 3.63) is 69.8 Å². The minimum atomic E-state index is -0.115. The van der Waals surface area contributed by atoms with Crippen LogP contribution in [0.2, 0.25) is 0 Å². The molecule has 3 nitrogen and oxygen atoms in total. The lowest BCUT2D eigenvalue weighted by atomic mass is 9.76. The van der Waals surface area contributed by atoms with Gasteiger partial charge in [0.25, 0.3) is 0 Å². The Morgan fingerprint density at radius 1 is 0.676 bits per heavy atom. The van der Waals surface area contributed by atoms with Crippen molar-refractivity contribution < 1.29 is 4.79 Å². The van der Waals surface area contributed by atoms with Crippen molar-refractivity contribution in [1.82, 2.24) is 10.6 Å². The molecule has 2 aliphatic rings. The van der Waals surface area contributed by atoms with E-state index >= 15 is 0 Å². The fraction of sp³-hybridized carbons (Fsp3) is 0.581. The molecule has 2 aliphatic carbocycles. The van der Waals surface area contributed by atoms with Gasteiger partial charge in [0.2, 0.25) is 0 Å². The summed E-state index contributed by atoms with van der Waals surface area (Å²) in [6, 6.07) is 13.4. The average molecular weight is 461 g/mol. The zero-order valence-corrected chi connectivity index (χ0v) is 22.2. The Morgan fingerprint density at radius 2 is 1.03 bits per heavy atom. The van der Waals surface area contributed by atoms with Crippen LogP contribution in [0, 0.1) is 13.8 Å². The van der Waals surface area contributed by atoms with Crippen molar-refractivity contribution in [2.45, 2.75) is 116 Å². The lowest BCUT2D eigenvalue weighted by molar-refractivity contribution is 0.103. The summed E-state index contributed by atoms with van der Waals surface area (Å²) in [5, 5.41) is 7.82. The van der Waals surface area contributed by atoms with Crippen LogP contribution in [-0.4, -0.2) is 17.9 Å². The summed E-state index contributed by atoms with van der Waals surface area (Å²) in [5.74, 6) is 0.186. The van der Waals surface area contributed by atoms with E-state index in [4.69, 9.17) is 0 Å². The SMILES string of the molecule is Cc1cccc(C(=O)c2cccc(C)c2C2(NC(C)C)CCCC2)c1C1(NC(C)C)CCCC1. The first-order valence-corrected chi connectivity index (χ1v) is 13.5. The predicted octanol–water partition coefficient (Wildman–Crippen LogP) is 7.07. The van der Waals surface area contributed by atoms with Crippen LogP contribution in [0.3, 0.4) is 0 Å². The molecule has 0 spiro atoms. The van der Waals surface area contributed by atoms with E-state index < -0.39 is 0 Å². The van der Waals surface area contributed by atoms with Gasteiger partial charge in [-0.3, -0.25) is 4.79 Å². The number of nitrogens with one attached hydrogen (secondary N) is 2. The summed E-state index contributed by atoms with van der Waals surface area (Å²) in [6.07, 6.45) is 9.20. The van der Waals surface area contributed by atoms with Crippen LogP contribution < -0.4 is 10.6 Å². The van der Waals surface area contributed by atoms with Gasteiger partial charge in [-0.25, -0.2) is 0 Å². The van der Waals surface area contributed by atoms with Gasteiger partial charge in [-0.15, -0.1) is 0 Å². The fourth-order valence-corrected chi connectivity index (χ4v) is 7.12. The zero-order valence-electron chi connectivity index (χ0n) is 22.2. The molecule has 0 unspecified atom stereocenters. The third-order valence-corrected chi connectivity index (χ3v) is 8.04. The first-order chi connectivity index (χ1) is 16.2. The number of benzene rings is 2. The van der Waals surface area contributed by atoms with E-state index in [1.165, 1.54) is 47.9 Å². The first-order valence-electron chi connectivity index (χ1n) is 13.5. The van der Waals surface area contributed by atoms with Crippen LogP contribution in [0.25, 0.3) is 0 Å². The molecule has 0 bridgehead atoms. The molecule has 0 aromatic heterocycles. The molecular formula is C31H44N2O. The van der Waals surface area contributed by atoms with E-state index in [0.29, 0.717) is 12.1 Å². The van der Waals surface area contributed by atoms with Gasteiger partial charge in [-0.05, 0) is 61.8 Å². The third-order valence-electron chi connectivity index (χ3n) is 8.04. The van der Waals surface area contributed by atoms with Crippen molar-refractivity contribution in [2.24, 2.45) is 0 Å². The second-order valence-electron chi connectivity index (χ2n) is 11.5. The molecule has 0 aliphatic heterocycles. The highest BCUT2D eigenvalue weighted by Gasteiger charge is 2.42. The molecule has 0 amide bonds. The van der Waals surface area contributed by atoms with Crippen LogP contribution >= 0.6 is 0 Å². The molecule has 0 heterocycles. The molecule has 2 aromatic carbocycles. The van der Waals surface area contributed by atoms with E-state index in [1.54, 1.807) is 0 Å². The summed E-state index contributed by atoms with van der Waals surface area (Å²) in [6.45, 7) is 13.3. The van der Waals surface area contributed by atoms with Crippen molar-refractivity contribution in [1.29, 1.82) is 0 Å². The molecule has 0 saturated heterocycles. The van der Waals surface area contributed by atoms with E-state index in [0.717, 1.165) is 36.8 Å². The van der Waals surface area contributed by atoms with Crippen LogP contribution in [0.15, 0.2) is 36.4 Å². The summed E-state index contributed by atoms with van der Waals surface area (Å²) in [4.78, 5) is 14.5. The largest absolute Gasteiger partial charge is 0.305 e. The lowest BCUT2D eigenvalue weighted by Crippen LogP contribution is -2.46. The predicted molar refractivity (Wildman–Crippen MR) is 143 cm³/mol. The molecule has 4 rings (SSSR count). The molecule has 0 atom stereocenters. The minimum absolute atomic E-state index is 0.115. The molecule has 2 aromatic rings. The highest BCUT2D eigenvalue weighted by molar-refractivity contribution is 6.11. The Labute approximate surface area is 207 Å². The van der Waals surface area contributed by atoms with Gasteiger partial charge in [0.1, 0.15) is 0 Å². The van der Waals surface area contributed by atoms with Crippen LogP contribution in [0.5, 0.6) is 0 Å². The monoisotopic (exact) mass is 460 g/mol. The molecule has 2 N–H and O–H groups in total. The number of hydrogen-bond donors (Lipinski definition) is 2. The maximum atomic E-state index is 14.5. The smallest absolute Gasteiger partial charge is 0.193 e. The van der Waals surface area contributed by atoms with Crippen molar-refractivity contribution in [2.75, 3.05) is 0 Å². The van der Waals surface area contributed by atoms with Gasteiger partial charge in [0, 0.05) is 34.3 Å². The molecule has 34 heavy (non-hydrogen) atoms. The summed E-state index contributed by atoms with van der Waals surface area (Å²) in [5.41, 5.74) is 6.47. The van der Waals surface area contributed by atoms with Gasteiger partial charge >= 0.3 is 0 Å². The van der Waals surface area contributed by atoms with Crippen LogP contribution in [-0.2, 0) is 11.1 Å². The fourth-order valence-electron chi connectivity index (χ4n) is 7.12. The zero-order chi connectivity index (χ0) is 24.5. The number of ketones is 1. The Bertz CT molecular complexity index is 942. The number of carbonyl (C=O) groups is 1.